The van der Waals surface area contributed by atoms with Crippen LogP contribution in [0, 0.1) is 23.2 Å². The molecular weight excluding hydrogens is 925 g/mol. The first-order chi connectivity index (χ1) is 33.3. The lowest BCUT2D eigenvalue weighted by atomic mass is 9.72. The summed E-state index contributed by atoms with van der Waals surface area (Å²) in [6.45, 7) is 24.9. The zero-order valence-electron chi connectivity index (χ0n) is 45.2. The van der Waals surface area contributed by atoms with E-state index in [4.69, 9.17) is 42.3 Å². The van der Waals surface area contributed by atoms with Gasteiger partial charge in [0.25, 0.3) is 0 Å². The van der Waals surface area contributed by atoms with Crippen molar-refractivity contribution in [3.05, 3.63) is 59.7 Å². The molecule has 1 spiro atoms. The zero-order chi connectivity index (χ0) is 52.4. The third-order valence-electron chi connectivity index (χ3n) is 15.7. The smallest absolute Gasteiger partial charge is 0.330 e. The first kappa shape index (κ1) is 58.6. The fourth-order valence-corrected chi connectivity index (χ4v) is 12.1. The van der Waals surface area contributed by atoms with Crippen LogP contribution in [0.15, 0.2) is 54.1 Å². The van der Waals surface area contributed by atoms with E-state index in [-0.39, 0.29) is 54.8 Å². The second-order valence-corrected chi connectivity index (χ2v) is 28.0. The highest BCUT2D eigenvalue weighted by molar-refractivity contribution is 6.74. The molecule has 12 atom stereocenters. The molecule has 3 saturated heterocycles. The van der Waals surface area contributed by atoms with Crippen molar-refractivity contribution in [2.45, 2.75) is 231 Å². The standard InChI is InChI=1S/C56H88O14Si/c1-37(2)48-24-23-38(3)35-55(48)64-28-25-45(68-55)31-43-21-17-22-44(66-43)32-47(70-71(12,13)53(6,7)8)34-51(60)67-49(39(4)63-36-41-19-15-14-16-20-41)33-46-29-42(30-50(59)62-11)52(65-40(5)58)56(61,69-46)54(9,10)26-18-27-57/h14-16,18-20,26-27,30,37-39,43-49,52,61H,17,21-25,28-29,31-36H2,1-13H3/b26-18+,42-30+/t38-,39-,43-,44+,45+,46+,47-,48+,49-,52+,55+,56-/m1/s1. The van der Waals surface area contributed by atoms with Gasteiger partial charge in [0, 0.05) is 37.2 Å². The molecule has 4 aliphatic rings. The summed E-state index contributed by atoms with van der Waals surface area (Å²) in [6, 6.07) is 9.64. The van der Waals surface area contributed by atoms with Gasteiger partial charge in [-0.15, -0.1) is 0 Å². The van der Waals surface area contributed by atoms with Crippen LogP contribution in [0.25, 0.3) is 0 Å². The van der Waals surface area contributed by atoms with Crippen molar-refractivity contribution in [3.8, 4) is 0 Å². The molecule has 1 saturated carbocycles. The Morgan fingerprint density at radius 2 is 1.63 bits per heavy atom. The van der Waals surface area contributed by atoms with Crippen molar-refractivity contribution in [2.24, 2.45) is 23.2 Å². The summed E-state index contributed by atoms with van der Waals surface area (Å²) < 4.78 is 57.6. The molecule has 1 aromatic carbocycles. The predicted molar refractivity (Wildman–Crippen MR) is 272 cm³/mol. The molecule has 15 heteroatoms. The summed E-state index contributed by atoms with van der Waals surface area (Å²) >= 11 is 0. The van der Waals surface area contributed by atoms with Gasteiger partial charge >= 0.3 is 17.9 Å². The summed E-state index contributed by atoms with van der Waals surface area (Å²) in [5, 5.41) is 12.4. The molecular formula is C56H88O14Si. The molecule has 0 bridgehead atoms. The molecule has 3 aliphatic heterocycles. The highest BCUT2D eigenvalue weighted by Gasteiger charge is 2.58. The molecule has 0 unspecified atom stereocenters. The summed E-state index contributed by atoms with van der Waals surface area (Å²) in [6.07, 6.45) is 7.94. The molecule has 71 heavy (non-hydrogen) atoms. The molecule has 0 aromatic heterocycles. The van der Waals surface area contributed by atoms with Crippen LogP contribution in [0.5, 0.6) is 0 Å². The monoisotopic (exact) mass is 1010 g/mol. The van der Waals surface area contributed by atoms with Gasteiger partial charge < -0.3 is 47.4 Å². The summed E-state index contributed by atoms with van der Waals surface area (Å²) in [7, 11) is -1.21. The molecule has 5 rings (SSSR count). The number of aldehydes is 1. The summed E-state index contributed by atoms with van der Waals surface area (Å²) in [4.78, 5) is 51.5. The van der Waals surface area contributed by atoms with E-state index in [1.54, 1.807) is 13.8 Å². The Balaban J connectivity index is 1.39. The largest absolute Gasteiger partial charge is 0.466 e. The van der Waals surface area contributed by atoms with Crippen molar-refractivity contribution in [3.63, 3.8) is 0 Å². The number of carbonyl (C=O) groups excluding carboxylic acids is 4. The molecule has 1 N–H and O–H groups in total. The minimum atomic E-state index is -2.43. The normalized spacial score (nSPS) is 30.7. The number of carbonyl (C=O) groups is 4. The molecule has 400 valence electrons. The second kappa shape index (κ2) is 25.3. The van der Waals surface area contributed by atoms with Crippen molar-refractivity contribution >= 4 is 32.5 Å². The average Bonchev–Trinajstić information content (AvgIpc) is 3.28. The third kappa shape index (κ3) is 15.9. The number of allylic oxidation sites excluding steroid dienone is 1. The molecule has 0 amide bonds. The van der Waals surface area contributed by atoms with Crippen LogP contribution in [0.4, 0.5) is 0 Å². The SMILES string of the molecule is COC(=O)/C=C1\C[C@@H](C[C@@H](OC(=O)C[C@@H](C[C@@H]2CCC[C@H](C[C@@H]3CCO[C@@]4(C[C@H](C)CC[C@H]4C(C)C)O3)O2)O[Si](C)(C)C(C)(C)C)[C@@H](C)OCc2ccccc2)O[C@@](O)(C(C)(C)/C=C/C=O)[C@H]1OC(C)=O. The Hall–Kier alpha value is -3.28. The van der Waals surface area contributed by atoms with Gasteiger partial charge in [0.1, 0.15) is 12.4 Å². The van der Waals surface area contributed by atoms with Gasteiger partial charge in [0.15, 0.2) is 20.2 Å². The van der Waals surface area contributed by atoms with Gasteiger partial charge in [0.2, 0.25) is 5.79 Å². The van der Waals surface area contributed by atoms with Gasteiger partial charge in [-0.05, 0) is 105 Å². The van der Waals surface area contributed by atoms with Crippen molar-refractivity contribution in [2.75, 3.05) is 13.7 Å². The van der Waals surface area contributed by atoms with Gasteiger partial charge in [-0.1, -0.05) is 98.2 Å². The Kier molecular flexibility index (Phi) is 20.9. The zero-order valence-corrected chi connectivity index (χ0v) is 46.2. The maximum absolute atomic E-state index is 14.6. The molecule has 1 aromatic rings. The molecule has 4 fully saturated rings. The number of hydrogen-bond donors (Lipinski definition) is 1. The van der Waals surface area contributed by atoms with Gasteiger partial charge in [-0.2, -0.15) is 0 Å². The topological polar surface area (TPSA) is 172 Å². The van der Waals surface area contributed by atoms with Crippen molar-refractivity contribution < 1.29 is 66.6 Å². The number of aliphatic hydroxyl groups is 1. The maximum Gasteiger partial charge on any atom is 0.330 e. The van der Waals surface area contributed by atoms with Crippen LogP contribution in [0.1, 0.15) is 152 Å². The number of esters is 3. The van der Waals surface area contributed by atoms with E-state index < -0.39 is 73.7 Å². The number of ether oxygens (including phenoxy) is 8. The first-order valence-corrected chi connectivity index (χ1v) is 29.2. The minimum Gasteiger partial charge on any atom is -0.466 e. The average molecular weight is 1010 g/mol. The Labute approximate surface area is 425 Å². The summed E-state index contributed by atoms with van der Waals surface area (Å²) in [5.41, 5.74) is -0.215. The fourth-order valence-electron chi connectivity index (χ4n) is 10.7. The van der Waals surface area contributed by atoms with E-state index >= 15 is 0 Å². The van der Waals surface area contributed by atoms with Gasteiger partial charge in [0.05, 0.1) is 63.4 Å². The van der Waals surface area contributed by atoms with E-state index in [9.17, 15) is 24.3 Å². The lowest BCUT2D eigenvalue weighted by molar-refractivity contribution is -0.342. The number of hydrogen-bond acceptors (Lipinski definition) is 14. The summed E-state index contributed by atoms with van der Waals surface area (Å²) in [5.74, 6) is -3.43. The van der Waals surface area contributed by atoms with Crippen molar-refractivity contribution in [1.82, 2.24) is 0 Å². The van der Waals surface area contributed by atoms with E-state index in [2.05, 4.69) is 54.6 Å². The number of rotatable bonds is 21. The van der Waals surface area contributed by atoms with Crippen LogP contribution in [-0.2, 0) is 68.1 Å². The Morgan fingerprint density at radius 1 is 0.930 bits per heavy atom. The maximum atomic E-state index is 14.6. The van der Waals surface area contributed by atoms with Crippen LogP contribution >= 0.6 is 0 Å². The third-order valence-corrected chi connectivity index (χ3v) is 20.3. The second-order valence-electron chi connectivity index (χ2n) is 23.3. The van der Waals surface area contributed by atoms with Crippen LogP contribution in [-0.4, -0.2) is 112 Å². The van der Waals surface area contributed by atoms with Gasteiger partial charge in [-0.25, -0.2) is 4.79 Å². The lowest BCUT2D eigenvalue weighted by Crippen LogP contribution is -2.62. The highest BCUT2D eigenvalue weighted by Crippen LogP contribution is 2.49. The number of benzene rings is 1. The highest BCUT2D eigenvalue weighted by atomic mass is 28.4. The lowest BCUT2D eigenvalue weighted by Gasteiger charge is -2.51. The molecule has 14 nitrogen and oxygen atoms in total. The van der Waals surface area contributed by atoms with Crippen molar-refractivity contribution in [1.29, 1.82) is 0 Å². The predicted octanol–water partition coefficient (Wildman–Crippen LogP) is 10.3. The molecule has 3 heterocycles. The van der Waals surface area contributed by atoms with E-state index in [0.717, 1.165) is 50.5 Å². The first-order valence-electron chi connectivity index (χ1n) is 26.3. The van der Waals surface area contributed by atoms with Crippen LogP contribution in [0.3, 0.4) is 0 Å². The van der Waals surface area contributed by atoms with E-state index in [1.807, 2.05) is 37.3 Å². The molecule has 1 aliphatic carbocycles. The number of methoxy groups -OCH3 is 1. The van der Waals surface area contributed by atoms with E-state index in [0.29, 0.717) is 37.1 Å². The minimum absolute atomic E-state index is 0.00306. The quantitative estimate of drug-likeness (QED) is 0.0405. The fraction of sp³-hybridized carbons (Fsp3) is 0.750. The van der Waals surface area contributed by atoms with Gasteiger partial charge in [-0.3, -0.25) is 14.4 Å². The van der Waals surface area contributed by atoms with Crippen LogP contribution in [0.2, 0.25) is 18.1 Å². The van der Waals surface area contributed by atoms with Crippen LogP contribution < -0.4 is 0 Å². The molecule has 0 radical (unpaired) electrons. The Morgan fingerprint density at radius 3 is 2.28 bits per heavy atom. The van der Waals surface area contributed by atoms with E-state index in [1.165, 1.54) is 38.7 Å². The Bertz CT molecular complexity index is 1960.